The summed E-state index contributed by atoms with van der Waals surface area (Å²) in [5.41, 5.74) is 8.29. The Morgan fingerprint density at radius 2 is 1.58 bits per heavy atom. The summed E-state index contributed by atoms with van der Waals surface area (Å²) >= 11 is 0. The molecule has 1 unspecified atom stereocenters. The van der Waals surface area contributed by atoms with E-state index in [4.69, 9.17) is 0 Å². The lowest BCUT2D eigenvalue weighted by Gasteiger charge is -2.20. The first-order valence-corrected chi connectivity index (χ1v) is 14.9. The van der Waals surface area contributed by atoms with E-state index >= 15 is 0 Å². The highest BCUT2D eigenvalue weighted by molar-refractivity contribution is 6.00. The Morgan fingerprint density at radius 3 is 2.19 bits per heavy atom. The van der Waals surface area contributed by atoms with Gasteiger partial charge < -0.3 is 31.1 Å². The first-order valence-electron chi connectivity index (χ1n) is 14.9. The van der Waals surface area contributed by atoms with Crippen LogP contribution in [-0.2, 0) is 25.6 Å². The van der Waals surface area contributed by atoms with E-state index in [-0.39, 0.29) is 48.6 Å². The summed E-state index contributed by atoms with van der Waals surface area (Å²) in [7, 11) is 0. The molecule has 4 rings (SSSR count). The third-order valence-corrected chi connectivity index (χ3v) is 9.17. The van der Waals surface area contributed by atoms with Crippen LogP contribution >= 0.6 is 0 Å². The van der Waals surface area contributed by atoms with Crippen molar-refractivity contribution in [2.75, 3.05) is 0 Å². The molecule has 4 heterocycles. The summed E-state index contributed by atoms with van der Waals surface area (Å²) in [5, 5.41) is 28.5. The highest BCUT2D eigenvalue weighted by atomic mass is 16.4. The van der Waals surface area contributed by atoms with Crippen molar-refractivity contribution in [1.82, 2.24) is 20.9 Å². The number of allylic oxidation sites excluding steroid dienone is 2. The molecular formula is C33H42N4O6. The molecule has 0 spiro atoms. The van der Waals surface area contributed by atoms with Crippen molar-refractivity contribution in [2.24, 2.45) is 11.8 Å². The molecule has 0 aliphatic carbocycles. The van der Waals surface area contributed by atoms with Crippen LogP contribution in [0.5, 0.6) is 0 Å². The standard InChI is InChI=1S/C33H42N4O6/c1-7-20-19(6)32(42)37-27(20)14-25-18(5)23(10-12-31(40)41)29(35-25)15-28-22(9-11-30(38)39)17(4)24(34-28)13-26-16(3)21(8-2)33(43)36-26/h8,14-15,19-20,24,26,34-35H,2,7,9-13H2,1,3-6H3,(H,36,43)(H,37,42)(H,38,39)(H,40,41)/b27-14-,28-15-/t19-,20-,24?,26-/m1/s1. The number of H-pyrrole nitrogens is 1. The lowest BCUT2D eigenvalue weighted by Crippen LogP contribution is -2.36. The molecule has 2 amide bonds. The second-order valence-electron chi connectivity index (χ2n) is 11.7. The van der Waals surface area contributed by atoms with Crippen molar-refractivity contribution in [3.05, 3.63) is 68.9 Å². The van der Waals surface area contributed by atoms with Crippen LogP contribution in [0.4, 0.5) is 0 Å². The summed E-state index contributed by atoms with van der Waals surface area (Å²) in [6.45, 7) is 13.6. The Bertz CT molecular complexity index is 1490. The predicted molar refractivity (Wildman–Crippen MR) is 164 cm³/mol. The van der Waals surface area contributed by atoms with Crippen LogP contribution in [0.1, 0.15) is 82.3 Å². The van der Waals surface area contributed by atoms with E-state index in [1.807, 2.05) is 46.8 Å². The maximum atomic E-state index is 12.4. The van der Waals surface area contributed by atoms with Gasteiger partial charge in [-0.25, -0.2) is 0 Å². The zero-order valence-electron chi connectivity index (χ0n) is 25.5. The van der Waals surface area contributed by atoms with Crippen molar-refractivity contribution >= 4 is 35.9 Å². The Labute approximate surface area is 252 Å². The van der Waals surface area contributed by atoms with Crippen molar-refractivity contribution in [1.29, 1.82) is 0 Å². The van der Waals surface area contributed by atoms with Crippen LogP contribution in [0.15, 0.2) is 46.3 Å². The molecule has 3 aliphatic rings. The normalized spacial score (nSPS) is 25.5. The van der Waals surface area contributed by atoms with Gasteiger partial charge in [0.15, 0.2) is 0 Å². The fraction of sp³-hybridized carbons (Fsp3) is 0.455. The van der Waals surface area contributed by atoms with Crippen LogP contribution in [0.2, 0.25) is 0 Å². The summed E-state index contributed by atoms with van der Waals surface area (Å²) in [6.07, 6.45) is 7.38. The van der Waals surface area contributed by atoms with Crippen molar-refractivity contribution in [2.45, 2.75) is 85.2 Å². The van der Waals surface area contributed by atoms with Crippen molar-refractivity contribution < 1.29 is 29.4 Å². The summed E-state index contributed by atoms with van der Waals surface area (Å²) in [6, 6.07) is -0.319. The van der Waals surface area contributed by atoms with Crippen LogP contribution < -0.4 is 16.0 Å². The number of nitrogens with one attached hydrogen (secondary N) is 4. The van der Waals surface area contributed by atoms with E-state index < -0.39 is 11.9 Å². The molecule has 1 fully saturated rings. The molecule has 10 nitrogen and oxygen atoms in total. The Kier molecular flexibility index (Phi) is 9.47. The number of carbonyl (C=O) groups is 4. The lowest BCUT2D eigenvalue weighted by atomic mass is 9.92. The van der Waals surface area contributed by atoms with Crippen LogP contribution in [0, 0.1) is 18.8 Å². The molecule has 1 aromatic heterocycles. The van der Waals surface area contributed by atoms with Gasteiger partial charge in [-0.05, 0) is 86.5 Å². The van der Waals surface area contributed by atoms with Gasteiger partial charge in [-0.3, -0.25) is 19.2 Å². The number of carboxylic acid groups (broad SMARTS) is 2. The number of aromatic nitrogens is 1. The Morgan fingerprint density at radius 1 is 0.930 bits per heavy atom. The molecule has 6 N–H and O–H groups in total. The van der Waals surface area contributed by atoms with E-state index in [9.17, 15) is 29.4 Å². The van der Waals surface area contributed by atoms with E-state index in [1.54, 1.807) is 6.08 Å². The molecule has 230 valence electrons. The molecule has 0 saturated carbocycles. The van der Waals surface area contributed by atoms with E-state index in [0.29, 0.717) is 24.8 Å². The van der Waals surface area contributed by atoms with Gasteiger partial charge in [-0.1, -0.05) is 26.5 Å². The van der Waals surface area contributed by atoms with Gasteiger partial charge in [-0.2, -0.15) is 0 Å². The third kappa shape index (κ3) is 6.53. The molecule has 4 atom stereocenters. The first-order chi connectivity index (χ1) is 20.4. The second-order valence-corrected chi connectivity index (χ2v) is 11.7. The SMILES string of the molecule is C=CC1=C(C)[C@@H](CC2N/C(=C\c3[nH]c(/C=C4\NC(=O)[C@H](C)[C@H]4CC)c(C)c3CCC(=O)O)C(CCC(=O)O)=C2C)NC1=O. The third-order valence-electron chi connectivity index (χ3n) is 9.17. The predicted octanol–water partition coefficient (Wildman–Crippen LogP) is 4.36. The van der Waals surface area contributed by atoms with E-state index in [0.717, 1.165) is 57.0 Å². The molecule has 0 radical (unpaired) electrons. The minimum atomic E-state index is -0.903. The summed E-state index contributed by atoms with van der Waals surface area (Å²) < 4.78 is 0. The molecule has 1 saturated heterocycles. The molecule has 1 aromatic rings. The van der Waals surface area contributed by atoms with Crippen molar-refractivity contribution in [3.63, 3.8) is 0 Å². The Balaban J connectivity index is 1.73. The topological polar surface area (TPSA) is 161 Å². The Hall–Kier alpha value is -4.34. The van der Waals surface area contributed by atoms with Crippen LogP contribution in [0.25, 0.3) is 12.2 Å². The average Bonchev–Trinajstić information content (AvgIpc) is 3.59. The lowest BCUT2D eigenvalue weighted by molar-refractivity contribution is -0.138. The molecule has 43 heavy (non-hydrogen) atoms. The van der Waals surface area contributed by atoms with Crippen molar-refractivity contribution in [3.8, 4) is 0 Å². The maximum Gasteiger partial charge on any atom is 0.303 e. The highest BCUT2D eigenvalue weighted by Crippen LogP contribution is 2.36. The molecule has 0 bridgehead atoms. The maximum absolute atomic E-state index is 12.4. The number of hydrogen-bond donors (Lipinski definition) is 6. The molecule has 0 aromatic carbocycles. The zero-order valence-corrected chi connectivity index (χ0v) is 25.5. The summed E-state index contributed by atoms with van der Waals surface area (Å²) in [5.74, 6) is -2.02. The molecular weight excluding hydrogens is 548 g/mol. The number of rotatable bonds is 12. The largest absolute Gasteiger partial charge is 0.481 e. The number of carbonyl (C=O) groups excluding carboxylic acids is 2. The van der Waals surface area contributed by atoms with Gasteiger partial charge in [0.05, 0.1) is 6.04 Å². The van der Waals surface area contributed by atoms with Gasteiger partial charge >= 0.3 is 11.9 Å². The minimum absolute atomic E-state index is 0.00983. The van der Waals surface area contributed by atoms with E-state index in [1.165, 1.54) is 0 Å². The quantitative estimate of drug-likeness (QED) is 0.211. The number of hydrogen-bond acceptors (Lipinski definition) is 5. The first kappa shape index (κ1) is 31.6. The van der Waals surface area contributed by atoms with Gasteiger partial charge in [0.2, 0.25) is 5.91 Å². The number of aromatic amines is 1. The summed E-state index contributed by atoms with van der Waals surface area (Å²) in [4.78, 5) is 51.3. The highest BCUT2D eigenvalue weighted by Gasteiger charge is 2.35. The van der Waals surface area contributed by atoms with Gasteiger partial charge in [0, 0.05) is 59.1 Å². The van der Waals surface area contributed by atoms with Gasteiger partial charge in [0.25, 0.3) is 5.91 Å². The second kappa shape index (κ2) is 12.9. The smallest absolute Gasteiger partial charge is 0.303 e. The zero-order chi connectivity index (χ0) is 31.6. The van der Waals surface area contributed by atoms with Gasteiger partial charge in [0.1, 0.15) is 0 Å². The number of amides is 2. The minimum Gasteiger partial charge on any atom is -0.481 e. The number of carboxylic acids is 2. The monoisotopic (exact) mass is 590 g/mol. The van der Waals surface area contributed by atoms with Gasteiger partial charge in [-0.15, -0.1) is 0 Å². The fourth-order valence-electron chi connectivity index (χ4n) is 6.49. The average molecular weight is 591 g/mol. The van der Waals surface area contributed by atoms with Crippen LogP contribution in [0.3, 0.4) is 0 Å². The fourth-order valence-corrected chi connectivity index (χ4v) is 6.49. The molecule has 10 heteroatoms. The van der Waals surface area contributed by atoms with E-state index in [2.05, 4.69) is 27.5 Å². The molecule has 3 aliphatic heterocycles. The van der Waals surface area contributed by atoms with Crippen LogP contribution in [-0.4, -0.2) is 51.0 Å². The number of aliphatic carboxylic acids is 2.